The highest BCUT2D eigenvalue weighted by Gasteiger charge is 2.18. The van der Waals surface area contributed by atoms with E-state index in [1.165, 1.54) is 12.1 Å². The highest BCUT2D eigenvalue weighted by atomic mass is 19.1. The zero-order valence-electron chi connectivity index (χ0n) is 24.6. The van der Waals surface area contributed by atoms with E-state index in [1.807, 2.05) is 43.4 Å². The summed E-state index contributed by atoms with van der Waals surface area (Å²) in [5, 5.41) is 12.7. The highest BCUT2D eigenvalue weighted by Crippen LogP contribution is 2.36. The molecular weight excluding hydrogens is 559 g/mol. The Bertz CT molecular complexity index is 1930. The third-order valence-electron chi connectivity index (χ3n) is 7.85. The van der Waals surface area contributed by atoms with Gasteiger partial charge in [0.2, 0.25) is 0 Å². The van der Waals surface area contributed by atoms with Crippen molar-refractivity contribution in [2.45, 2.75) is 18.9 Å². The number of hydrogen-bond donors (Lipinski definition) is 3. The predicted molar refractivity (Wildman–Crippen MR) is 168 cm³/mol. The topological polar surface area (TPSA) is 117 Å². The number of halogens is 1. The quantitative estimate of drug-likeness (QED) is 0.203. The number of rotatable bonds is 9. The van der Waals surface area contributed by atoms with Crippen LogP contribution in [0.5, 0.6) is 11.5 Å². The number of fused-ring (bicyclic) bond motifs is 2. The second kappa shape index (κ2) is 12.0. The number of ether oxygens (including phenoxy) is 2. The third-order valence-corrected chi connectivity index (χ3v) is 7.85. The van der Waals surface area contributed by atoms with Gasteiger partial charge < -0.3 is 24.7 Å². The number of pyridine rings is 3. The Labute approximate surface area is 253 Å². The van der Waals surface area contributed by atoms with E-state index >= 15 is 0 Å². The first kappa shape index (κ1) is 27.9. The molecule has 5 aromatic heterocycles. The van der Waals surface area contributed by atoms with Crippen LogP contribution in [-0.4, -0.2) is 81.5 Å². The summed E-state index contributed by atoms with van der Waals surface area (Å²) in [6.07, 6.45) is 11.0. The van der Waals surface area contributed by atoms with Crippen molar-refractivity contribution >= 4 is 21.9 Å². The van der Waals surface area contributed by atoms with Gasteiger partial charge in [0.15, 0.2) is 5.65 Å². The van der Waals surface area contributed by atoms with E-state index in [0.29, 0.717) is 23.6 Å². The van der Waals surface area contributed by atoms with E-state index in [-0.39, 0.29) is 11.9 Å². The number of aromatic amines is 2. The number of likely N-dealkylation sites (N-methyl/N-ethyl adjacent to an activating group) is 1. The Kier molecular flexibility index (Phi) is 7.63. The first-order valence-electron chi connectivity index (χ1n) is 14.7. The maximum Gasteiger partial charge on any atom is 0.181 e. The van der Waals surface area contributed by atoms with Gasteiger partial charge in [-0.25, -0.2) is 9.37 Å². The zero-order valence-corrected chi connectivity index (χ0v) is 24.6. The molecule has 1 aromatic carbocycles. The number of nitrogens with one attached hydrogen (secondary N) is 3. The predicted octanol–water partition coefficient (Wildman–Crippen LogP) is 5.44. The minimum atomic E-state index is -0.368. The Balaban J connectivity index is 1.21. The highest BCUT2D eigenvalue weighted by molar-refractivity contribution is 6.00. The molecule has 6 aromatic rings. The van der Waals surface area contributed by atoms with Crippen molar-refractivity contribution < 1.29 is 13.9 Å². The van der Waals surface area contributed by atoms with Crippen LogP contribution in [0.4, 0.5) is 4.39 Å². The van der Waals surface area contributed by atoms with Crippen molar-refractivity contribution in [2.24, 2.45) is 0 Å². The summed E-state index contributed by atoms with van der Waals surface area (Å²) < 4.78 is 26.7. The summed E-state index contributed by atoms with van der Waals surface area (Å²) in [7, 11) is 3.94. The van der Waals surface area contributed by atoms with E-state index in [0.717, 1.165) is 82.6 Å². The van der Waals surface area contributed by atoms with Gasteiger partial charge in [-0.15, -0.1) is 0 Å². The van der Waals surface area contributed by atoms with Gasteiger partial charge in [-0.1, -0.05) is 0 Å². The molecule has 0 saturated carbocycles. The largest absolute Gasteiger partial charge is 0.492 e. The molecule has 0 spiro atoms. The first-order chi connectivity index (χ1) is 21.5. The van der Waals surface area contributed by atoms with Crippen LogP contribution < -0.4 is 14.8 Å². The molecule has 10 nitrogen and oxygen atoms in total. The lowest BCUT2D eigenvalue weighted by Gasteiger charge is -2.23. The van der Waals surface area contributed by atoms with E-state index in [1.54, 1.807) is 24.8 Å². The fourth-order valence-corrected chi connectivity index (χ4v) is 5.57. The van der Waals surface area contributed by atoms with Crippen LogP contribution in [0.1, 0.15) is 12.8 Å². The Hall–Kier alpha value is -4.87. The maximum absolute atomic E-state index is 14.7. The molecule has 0 radical (unpaired) electrons. The Morgan fingerprint density at radius 3 is 2.55 bits per heavy atom. The molecule has 224 valence electrons. The molecule has 11 heteroatoms. The van der Waals surface area contributed by atoms with E-state index in [2.05, 4.69) is 41.5 Å². The van der Waals surface area contributed by atoms with E-state index in [9.17, 15) is 4.39 Å². The average molecular weight is 593 g/mol. The van der Waals surface area contributed by atoms with Crippen molar-refractivity contribution in [1.29, 1.82) is 0 Å². The standard InChI is InChI=1S/C33H33FN8O2/c1-42(2)7-8-43-25-10-20(9-23(34)13-25)29-18-37-19-31-27(29)14-30(39-31)32-28-12-22(16-38-33(28)41-40-32)21-11-26(17-36-15-21)44-24-3-5-35-6-4-24/h9-19,24,35,39H,3-8H2,1-2H3,(H,38,40,41). The van der Waals surface area contributed by atoms with Crippen LogP contribution >= 0.6 is 0 Å². The van der Waals surface area contributed by atoms with Crippen LogP contribution in [0, 0.1) is 5.82 Å². The number of nitrogens with zero attached hydrogens (tertiary/aromatic N) is 5. The molecule has 1 aliphatic rings. The molecular formula is C33H33FN8O2. The van der Waals surface area contributed by atoms with Crippen LogP contribution in [0.2, 0.25) is 0 Å². The van der Waals surface area contributed by atoms with Crippen molar-refractivity contribution in [3.63, 3.8) is 0 Å². The number of benzene rings is 1. The lowest BCUT2D eigenvalue weighted by molar-refractivity contribution is 0.162. The van der Waals surface area contributed by atoms with Gasteiger partial charge in [0, 0.05) is 58.7 Å². The summed E-state index contributed by atoms with van der Waals surface area (Å²) in [5.74, 6) is 0.863. The minimum absolute atomic E-state index is 0.186. The molecule has 0 amide bonds. The molecule has 44 heavy (non-hydrogen) atoms. The van der Waals surface area contributed by atoms with Crippen molar-refractivity contribution in [1.82, 2.24) is 40.3 Å². The van der Waals surface area contributed by atoms with Crippen LogP contribution in [0.25, 0.3) is 55.6 Å². The fourth-order valence-electron chi connectivity index (χ4n) is 5.57. The monoisotopic (exact) mass is 592 g/mol. The molecule has 0 bridgehead atoms. The van der Waals surface area contributed by atoms with Gasteiger partial charge in [-0.3, -0.25) is 15.1 Å². The SMILES string of the molecule is CN(C)CCOc1cc(F)cc(-c2cncc3[nH]c(-c4[nH]nc5ncc(-c6cncc(OC7CCNCC7)c6)cc45)cc23)c1. The molecule has 6 heterocycles. The van der Waals surface area contributed by atoms with Gasteiger partial charge >= 0.3 is 0 Å². The maximum atomic E-state index is 14.7. The van der Waals surface area contributed by atoms with E-state index < -0.39 is 0 Å². The second-order valence-corrected chi connectivity index (χ2v) is 11.3. The Morgan fingerprint density at radius 2 is 1.68 bits per heavy atom. The van der Waals surface area contributed by atoms with Gasteiger partial charge in [0.1, 0.15) is 30.0 Å². The molecule has 0 aliphatic carbocycles. The second-order valence-electron chi connectivity index (χ2n) is 11.3. The van der Waals surface area contributed by atoms with Crippen molar-refractivity contribution in [3.8, 4) is 45.1 Å². The van der Waals surface area contributed by atoms with Gasteiger partial charge in [-0.2, -0.15) is 5.10 Å². The molecule has 0 unspecified atom stereocenters. The summed E-state index contributed by atoms with van der Waals surface area (Å²) in [6, 6.07) is 10.8. The van der Waals surface area contributed by atoms with E-state index in [4.69, 9.17) is 9.47 Å². The first-order valence-corrected chi connectivity index (χ1v) is 14.7. The molecule has 3 N–H and O–H groups in total. The fraction of sp³-hybridized carbons (Fsp3) is 0.273. The third kappa shape index (κ3) is 5.84. The normalized spacial score (nSPS) is 14.1. The summed E-state index contributed by atoms with van der Waals surface area (Å²) in [4.78, 5) is 19.0. The van der Waals surface area contributed by atoms with Crippen molar-refractivity contribution in [3.05, 3.63) is 73.2 Å². The van der Waals surface area contributed by atoms with Crippen molar-refractivity contribution in [2.75, 3.05) is 40.3 Å². The number of H-pyrrole nitrogens is 2. The molecule has 0 atom stereocenters. The minimum Gasteiger partial charge on any atom is -0.492 e. The molecule has 1 aliphatic heterocycles. The number of aromatic nitrogens is 6. The molecule has 7 rings (SSSR count). The van der Waals surface area contributed by atoms with Crippen LogP contribution in [0.3, 0.4) is 0 Å². The smallest absolute Gasteiger partial charge is 0.181 e. The van der Waals surface area contributed by atoms with Gasteiger partial charge in [0.05, 0.1) is 29.3 Å². The lowest BCUT2D eigenvalue weighted by Crippen LogP contribution is -2.34. The van der Waals surface area contributed by atoms with Gasteiger partial charge in [0.25, 0.3) is 0 Å². The summed E-state index contributed by atoms with van der Waals surface area (Å²) in [6.45, 7) is 3.11. The number of hydrogen-bond acceptors (Lipinski definition) is 8. The molecule has 1 saturated heterocycles. The Morgan fingerprint density at radius 1 is 0.864 bits per heavy atom. The lowest BCUT2D eigenvalue weighted by atomic mass is 10.0. The average Bonchev–Trinajstić information content (AvgIpc) is 3.65. The van der Waals surface area contributed by atoms with Gasteiger partial charge in [-0.05, 0) is 75.9 Å². The van der Waals surface area contributed by atoms with Crippen LogP contribution in [0.15, 0.2) is 67.4 Å². The number of piperidine rings is 1. The molecule has 1 fully saturated rings. The van der Waals surface area contributed by atoms with Crippen LogP contribution in [-0.2, 0) is 0 Å². The summed E-state index contributed by atoms with van der Waals surface area (Å²) in [5.41, 5.74) is 6.32. The summed E-state index contributed by atoms with van der Waals surface area (Å²) >= 11 is 0. The zero-order chi connectivity index (χ0) is 30.0.